The Bertz CT molecular complexity index is 312. The summed E-state index contributed by atoms with van der Waals surface area (Å²) in [6.45, 7) is 5.23. The van der Waals surface area contributed by atoms with Crippen LogP contribution >= 0.6 is 0 Å². The summed E-state index contributed by atoms with van der Waals surface area (Å²) >= 11 is 0. The van der Waals surface area contributed by atoms with Gasteiger partial charge in [-0.3, -0.25) is 0 Å². The number of aromatic nitrogens is 2. The number of imidazole rings is 1. The highest BCUT2D eigenvalue weighted by atomic mass is 15.1. The van der Waals surface area contributed by atoms with Gasteiger partial charge in [0.2, 0.25) is 0 Å². The molecule has 1 aliphatic carbocycles. The van der Waals surface area contributed by atoms with E-state index in [1.807, 2.05) is 12.5 Å². The zero-order valence-electron chi connectivity index (χ0n) is 9.69. The summed E-state index contributed by atoms with van der Waals surface area (Å²) in [6.07, 6.45) is 7.71. The monoisotopic (exact) mass is 207 g/mol. The normalized spacial score (nSPS) is 18.4. The van der Waals surface area contributed by atoms with Crippen LogP contribution in [-0.4, -0.2) is 16.1 Å². The van der Waals surface area contributed by atoms with Crippen LogP contribution in [0.15, 0.2) is 12.5 Å². The van der Waals surface area contributed by atoms with Gasteiger partial charge in [0, 0.05) is 24.5 Å². The maximum atomic E-state index is 5.86. The molecular weight excluding hydrogens is 186 g/mol. The van der Waals surface area contributed by atoms with E-state index < -0.39 is 0 Å². The highest BCUT2D eigenvalue weighted by Crippen LogP contribution is 2.39. The molecule has 15 heavy (non-hydrogen) atoms. The molecule has 1 saturated carbocycles. The van der Waals surface area contributed by atoms with Crippen LogP contribution in [0.25, 0.3) is 0 Å². The molecule has 0 aromatic carbocycles. The number of hydrogen-bond donors (Lipinski definition) is 1. The number of nitrogens with two attached hydrogens (primary N) is 1. The number of hydrogen-bond acceptors (Lipinski definition) is 2. The Hall–Kier alpha value is -0.830. The van der Waals surface area contributed by atoms with Crippen molar-refractivity contribution in [2.24, 2.45) is 17.6 Å². The first-order valence-corrected chi connectivity index (χ1v) is 5.93. The van der Waals surface area contributed by atoms with Crippen LogP contribution < -0.4 is 5.73 Å². The van der Waals surface area contributed by atoms with Crippen molar-refractivity contribution in [2.45, 2.75) is 39.2 Å². The van der Waals surface area contributed by atoms with Crippen LogP contribution in [0.3, 0.4) is 0 Å². The molecule has 1 aromatic rings. The van der Waals surface area contributed by atoms with Crippen molar-refractivity contribution in [2.75, 3.05) is 6.54 Å². The lowest BCUT2D eigenvalue weighted by Crippen LogP contribution is -2.22. The van der Waals surface area contributed by atoms with E-state index in [1.54, 1.807) is 0 Å². The fraction of sp³-hybridized carbons (Fsp3) is 0.750. The van der Waals surface area contributed by atoms with Crippen molar-refractivity contribution in [1.82, 2.24) is 9.55 Å². The van der Waals surface area contributed by atoms with Crippen LogP contribution in [-0.2, 0) is 6.42 Å². The van der Waals surface area contributed by atoms with Crippen molar-refractivity contribution in [3.05, 3.63) is 18.2 Å². The van der Waals surface area contributed by atoms with Crippen molar-refractivity contribution >= 4 is 0 Å². The minimum atomic E-state index is 0.487. The van der Waals surface area contributed by atoms with Gasteiger partial charge in [-0.2, -0.15) is 0 Å². The lowest BCUT2D eigenvalue weighted by molar-refractivity contribution is 0.433. The summed E-state index contributed by atoms with van der Waals surface area (Å²) in [5.41, 5.74) is 7.20. The topological polar surface area (TPSA) is 43.8 Å². The molecule has 0 radical (unpaired) electrons. The fourth-order valence-corrected chi connectivity index (χ4v) is 2.22. The van der Waals surface area contributed by atoms with E-state index >= 15 is 0 Å². The average Bonchev–Trinajstić information content (AvgIpc) is 2.91. The van der Waals surface area contributed by atoms with Crippen molar-refractivity contribution in [3.63, 3.8) is 0 Å². The lowest BCUT2D eigenvalue weighted by atomic mass is 10.1. The van der Waals surface area contributed by atoms with Gasteiger partial charge in [-0.1, -0.05) is 13.8 Å². The largest absolute Gasteiger partial charge is 0.330 e. The van der Waals surface area contributed by atoms with E-state index in [9.17, 15) is 0 Å². The van der Waals surface area contributed by atoms with Crippen LogP contribution in [0, 0.1) is 11.8 Å². The van der Waals surface area contributed by atoms with E-state index in [-0.39, 0.29) is 0 Å². The predicted octanol–water partition coefficient (Wildman–Crippen LogP) is 1.99. The molecule has 2 rings (SSSR count). The summed E-state index contributed by atoms with van der Waals surface area (Å²) in [5.74, 6) is 1.48. The van der Waals surface area contributed by atoms with Gasteiger partial charge in [0.05, 0.1) is 6.33 Å². The van der Waals surface area contributed by atoms with Crippen molar-refractivity contribution in [1.29, 1.82) is 0 Å². The minimum Gasteiger partial charge on any atom is -0.330 e. The van der Waals surface area contributed by atoms with Gasteiger partial charge in [0.15, 0.2) is 0 Å². The predicted molar refractivity (Wildman–Crippen MR) is 61.6 cm³/mol. The van der Waals surface area contributed by atoms with Crippen LogP contribution in [0.2, 0.25) is 0 Å². The molecule has 0 aliphatic heterocycles. The lowest BCUT2D eigenvalue weighted by Gasteiger charge is -2.19. The molecule has 0 spiro atoms. The van der Waals surface area contributed by atoms with Crippen LogP contribution in [0.1, 0.15) is 38.4 Å². The van der Waals surface area contributed by atoms with Gasteiger partial charge >= 0.3 is 0 Å². The third kappa shape index (κ3) is 2.40. The van der Waals surface area contributed by atoms with Gasteiger partial charge in [-0.05, 0) is 31.1 Å². The third-order valence-corrected chi connectivity index (χ3v) is 3.13. The summed E-state index contributed by atoms with van der Waals surface area (Å²) in [7, 11) is 0. The van der Waals surface area contributed by atoms with E-state index in [2.05, 4.69) is 23.4 Å². The van der Waals surface area contributed by atoms with E-state index in [0.717, 1.165) is 18.9 Å². The standard InChI is InChI=1S/C12H21N3/c1-9(2)5-11-7-14-8-15(11)12(6-13)10-3-4-10/h7-10,12H,3-6,13H2,1-2H3. The number of nitrogens with zero attached hydrogens (tertiary/aromatic N) is 2. The molecule has 1 fully saturated rings. The van der Waals surface area contributed by atoms with E-state index in [4.69, 9.17) is 5.73 Å². The average molecular weight is 207 g/mol. The molecule has 0 bridgehead atoms. The van der Waals surface area contributed by atoms with Crippen molar-refractivity contribution < 1.29 is 0 Å². The van der Waals surface area contributed by atoms with Crippen molar-refractivity contribution in [3.8, 4) is 0 Å². The van der Waals surface area contributed by atoms with Gasteiger partial charge in [0.1, 0.15) is 0 Å². The number of rotatable bonds is 5. The van der Waals surface area contributed by atoms with Gasteiger partial charge in [-0.25, -0.2) is 4.98 Å². The first-order chi connectivity index (χ1) is 7.22. The first kappa shape index (κ1) is 10.7. The molecular formula is C12H21N3. The molecule has 84 valence electrons. The van der Waals surface area contributed by atoms with Gasteiger partial charge in [0.25, 0.3) is 0 Å². The third-order valence-electron chi connectivity index (χ3n) is 3.13. The van der Waals surface area contributed by atoms with Gasteiger partial charge < -0.3 is 10.3 Å². The summed E-state index contributed by atoms with van der Waals surface area (Å²) in [6, 6.07) is 0.487. The molecule has 1 unspecified atom stereocenters. The zero-order valence-corrected chi connectivity index (χ0v) is 9.69. The Balaban J connectivity index is 2.14. The Morgan fingerprint density at radius 2 is 2.27 bits per heavy atom. The van der Waals surface area contributed by atoms with Crippen LogP contribution in [0.4, 0.5) is 0 Å². The SMILES string of the molecule is CC(C)Cc1cncn1C(CN)C1CC1. The fourth-order valence-electron chi connectivity index (χ4n) is 2.22. The Kier molecular flexibility index (Phi) is 3.10. The van der Waals surface area contributed by atoms with E-state index in [1.165, 1.54) is 18.5 Å². The second-order valence-corrected chi connectivity index (χ2v) is 5.03. The van der Waals surface area contributed by atoms with Crippen LogP contribution in [0.5, 0.6) is 0 Å². The van der Waals surface area contributed by atoms with E-state index in [0.29, 0.717) is 12.0 Å². The summed E-state index contributed by atoms with van der Waals surface area (Å²) in [4.78, 5) is 4.26. The molecule has 1 aromatic heterocycles. The highest BCUT2D eigenvalue weighted by molar-refractivity contribution is 5.04. The maximum absolute atomic E-state index is 5.86. The maximum Gasteiger partial charge on any atom is 0.0951 e. The first-order valence-electron chi connectivity index (χ1n) is 5.93. The molecule has 1 atom stereocenters. The Morgan fingerprint density at radius 3 is 2.80 bits per heavy atom. The molecule has 2 N–H and O–H groups in total. The molecule has 3 heteroatoms. The zero-order chi connectivity index (χ0) is 10.8. The summed E-state index contributed by atoms with van der Waals surface area (Å²) < 4.78 is 2.30. The highest BCUT2D eigenvalue weighted by Gasteiger charge is 2.32. The summed E-state index contributed by atoms with van der Waals surface area (Å²) in [5, 5.41) is 0. The molecule has 0 saturated heterocycles. The quantitative estimate of drug-likeness (QED) is 0.802. The smallest absolute Gasteiger partial charge is 0.0951 e. The molecule has 1 aliphatic rings. The Morgan fingerprint density at radius 1 is 1.53 bits per heavy atom. The molecule has 0 amide bonds. The Labute approximate surface area is 91.7 Å². The second kappa shape index (κ2) is 4.35. The molecule has 1 heterocycles. The second-order valence-electron chi connectivity index (χ2n) is 5.03. The van der Waals surface area contributed by atoms with Gasteiger partial charge in [-0.15, -0.1) is 0 Å². The molecule has 3 nitrogen and oxygen atoms in total. The minimum absolute atomic E-state index is 0.487.